The first-order valence-corrected chi connectivity index (χ1v) is 6.52. The number of rotatable bonds is 3. The predicted molar refractivity (Wildman–Crippen MR) is 77.1 cm³/mol. The Hall–Kier alpha value is -2.14. The van der Waals surface area contributed by atoms with Crippen molar-refractivity contribution in [3.05, 3.63) is 47.3 Å². The van der Waals surface area contributed by atoms with Gasteiger partial charge in [-0.15, -0.1) is 0 Å². The summed E-state index contributed by atoms with van der Waals surface area (Å²) in [6, 6.07) is 8.00. The van der Waals surface area contributed by atoms with Crippen LogP contribution < -0.4 is 4.74 Å². The van der Waals surface area contributed by atoms with Crippen LogP contribution >= 0.6 is 11.6 Å². The molecule has 0 unspecified atom stereocenters. The van der Waals surface area contributed by atoms with Crippen LogP contribution in [0.3, 0.4) is 0 Å². The summed E-state index contributed by atoms with van der Waals surface area (Å²) in [4.78, 5) is 12.8. The second-order valence-electron chi connectivity index (χ2n) is 4.40. The average molecular weight is 289 g/mol. The molecule has 102 valence electrons. The third-order valence-electron chi connectivity index (χ3n) is 3.24. The lowest BCUT2D eigenvalue weighted by atomic mass is 10.2. The Morgan fingerprint density at radius 1 is 1.25 bits per heavy atom. The summed E-state index contributed by atoms with van der Waals surface area (Å²) < 4.78 is 7.31. The van der Waals surface area contributed by atoms with Crippen LogP contribution in [0.4, 0.5) is 0 Å². The molecule has 0 N–H and O–H groups in total. The molecule has 5 nitrogen and oxygen atoms in total. The zero-order chi connectivity index (χ0) is 14.1. The molecule has 2 aromatic heterocycles. The minimum atomic E-state index is 0.316. The molecule has 0 aliphatic heterocycles. The lowest BCUT2D eigenvalue weighted by Gasteiger charge is -2.08. The second kappa shape index (κ2) is 5.09. The van der Waals surface area contributed by atoms with E-state index >= 15 is 0 Å². The molecule has 2 heterocycles. The fourth-order valence-electron chi connectivity index (χ4n) is 2.22. The van der Waals surface area contributed by atoms with Gasteiger partial charge in [-0.05, 0) is 12.1 Å². The minimum Gasteiger partial charge on any atom is -0.492 e. The van der Waals surface area contributed by atoms with Gasteiger partial charge in [0.1, 0.15) is 12.2 Å². The van der Waals surface area contributed by atoms with Crippen LogP contribution in [0.15, 0.2) is 30.6 Å². The molecule has 0 saturated heterocycles. The molecular weight excluding hydrogens is 276 g/mol. The molecule has 3 rings (SSSR count). The average Bonchev–Trinajstić information content (AvgIpc) is 2.76. The fourth-order valence-corrected chi connectivity index (χ4v) is 2.45. The van der Waals surface area contributed by atoms with Crippen LogP contribution in [0.25, 0.3) is 11.0 Å². The van der Waals surface area contributed by atoms with Gasteiger partial charge in [0.25, 0.3) is 0 Å². The number of benzene rings is 1. The maximum Gasteiger partial charge on any atom is 0.178 e. The molecule has 0 saturated carbocycles. The molecule has 20 heavy (non-hydrogen) atoms. The van der Waals surface area contributed by atoms with Gasteiger partial charge in [0.15, 0.2) is 10.9 Å². The van der Waals surface area contributed by atoms with E-state index in [9.17, 15) is 0 Å². The molecule has 0 bridgehead atoms. The summed E-state index contributed by atoms with van der Waals surface area (Å²) in [5, 5.41) is 0.316. The van der Waals surface area contributed by atoms with E-state index in [1.54, 1.807) is 7.11 Å². The number of imidazole rings is 1. The number of ether oxygens (including phenoxy) is 1. The zero-order valence-electron chi connectivity index (χ0n) is 11.2. The van der Waals surface area contributed by atoms with Gasteiger partial charge in [0.05, 0.1) is 30.3 Å². The molecule has 3 aromatic rings. The normalized spacial score (nSPS) is 10.9. The molecule has 0 atom stereocenters. The van der Waals surface area contributed by atoms with Crippen molar-refractivity contribution in [1.29, 1.82) is 0 Å². The number of para-hydroxylation sites is 2. The number of aromatic nitrogens is 4. The monoisotopic (exact) mass is 288 g/mol. The van der Waals surface area contributed by atoms with Gasteiger partial charge >= 0.3 is 0 Å². The standard InChI is InChI=1S/C14H13ClN4O/c1-19-11-6-4-3-5-9(11)18-12(19)7-10-13(20-2)14(15)17-8-16-10/h3-6,8H,7H2,1-2H3. The molecule has 1 aromatic carbocycles. The molecule has 6 heteroatoms. The highest BCUT2D eigenvalue weighted by molar-refractivity contribution is 6.30. The maximum absolute atomic E-state index is 6.01. The van der Waals surface area contributed by atoms with Gasteiger partial charge in [0, 0.05) is 7.05 Å². The van der Waals surface area contributed by atoms with E-state index in [4.69, 9.17) is 16.3 Å². The summed E-state index contributed by atoms with van der Waals surface area (Å²) in [5.41, 5.74) is 2.77. The number of hydrogen-bond acceptors (Lipinski definition) is 4. The van der Waals surface area contributed by atoms with Crippen LogP contribution in [-0.2, 0) is 13.5 Å². The molecule has 0 amide bonds. The van der Waals surface area contributed by atoms with Crippen LogP contribution in [0.1, 0.15) is 11.5 Å². The predicted octanol–water partition coefficient (Wildman–Crippen LogP) is 2.62. The van der Waals surface area contributed by atoms with Gasteiger partial charge in [-0.1, -0.05) is 23.7 Å². The van der Waals surface area contributed by atoms with Gasteiger partial charge in [-0.25, -0.2) is 15.0 Å². The highest BCUT2D eigenvalue weighted by Crippen LogP contribution is 2.26. The zero-order valence-corrected chi connectivity index (χ0v) is 11.9. The van der Waals surface area contributed by atoms with E-state index in [1.807, 2.05) is 35.9 Å². The number of hydrogen-bond donors (Lipinski definition) is 0. The number of nitrogens with zero attached hydrogens (tertiary/aromatic N) is 4. The van der Waals surface area contributed by atoms with Crippen molar-refractivity contribution in [2.24, 2.45) is 7.05 Å². The summed E-state index contributed by atoms with van der Waals surface area (Å²) in [6.45, 7) is 0. The summed E-state index contributed by atoms with van der Waals surface area (Å²) in [7, 11) is 3.54. The Balaban J connectivity index is 2.06. The SMILES string of the molecule is COc1c(Cl)ncnc1Cc1nc2ccccc2n1C. The molecule has 0 radical (unpaired) electrons. The van der Waals surface area contributed by atoms with Crippen LogP contribution in [0.5, 0.6) is 5.75 Å². The fraction of sp³-hybridized carbons (Fsp3) is 0.214. The molecule has 0 aliphatic rings. The molecule has 0 fully saturated rings. The van der Waals surface area contributed by atoms with Crippen molar-refractivity contribution >= 4 is 22.6 Å². The lowest BCUT2D eigenvalue weighted by molar-refractivity contribution is 0.405. The third-order valence-corrected chi connectivity index (χ3v) is 3.51. The van der Waals surface area contributed by atoms with Gasteiger partial charge in [-0.2, -0.15) is 0 Å². The maximum atomic E-state index is 6.01. The highest BCUT2D eigenvalue weighted by Gasteiger charge is 2.14. The van der Waals surface area contributed by atoms with Crippen molar-refractivity contribution in [2.75, 3.05) is 7.11 Å². The number of aryl methyl sites for hydroxylation is 1. The first kappa shape index (κ1) is 12.9. The van der Waals surface area contributed by atoms with E-state index in [-0.39, 0.29) is 0 Å². The van der Waals surface area contributed by atoms with E-state index in [2.05, 4.69) is 15.0 Å². The second-order valence-corrected chi connectivity index (χ2v) is 4.75. The third kappa shape index (κ3) is 2.10. The van der Waals surface area contributed by atoms with Gasteiger partial charge in [-0.3, -0.25) is 0 Å². The Morgan fingerprint density at radius 3 is 2.80 bits per heavy atom. The largest absolute Gasteiger partial charge is 0.492 e. The Kier molecular flexibility index (Phi) is 3.28. The van der Waals surface area contributed by atoms with Crippen molar-refractivity contribution in [3.8, 4) is 5.75 Å². The minimum absolute atomic E-state index is 0.316. The number of fused-ring (bicyclic) bond motifs is 1. The van der Waals surface area contributed by atoms with Crippen molar-refractivity contribution in [1.82, 2.24) is 19.5 Å². The van der Waals surface area contributed by atoms with Gasteiger partial charge < -0.3 is 9.30 Å². The van der Waals surface area contributed by atoms with E-state index < -0.39 is 0 Å². The Bertz CT molecular complexity index is 769. The topological polar surface area (TPSA) is 52.8 Å². The summed E-state index contributed by atoms with van der Waals surface area (Å²) in [5.74, 6) is 1.40. The lowest BCUT2D eigenvalue weighted by Crippen LogP contribution is -2.04. The molecular formula is C14H13ClN4O. The van der Waals surface area contributed by atoms with E-state index in [0.717, 1.165) is 22.6 Å². The van der Waals surface area contributed by atoms with Crippen molar-refractivity contribution in [3.63, 3.8) is 0 Å². The molecule has 0 aliphatic carbocycles. The Morgan fingerprint density at radius 2 is 2.05 bits per heavy atom. The van der Waals surface area contributed by atoms with Crippen LogP contribution in [-0.4, -0.2) is 26.6 Å². The Labute approximate surface area is 121 Å². The van der Waals surface area contributed by atoms with Crippen molar-refractivity contribution < 1.29 is 4.74 Å². The smallest absolute Gasteiger partial charge is 0.178 e. The molecule has 0 spiro atoms. The van der Waals surface area contributed by atoms with Crippen LogP contribution in [0, 0.1) is 0 Å². The quantitative estimate of drug-likeness (QED) is 0.695. The summed E-state index contributed by atoms with van der Waals surface area (Å²) in [6.07, 6.45) is 1.97. The van der Waals surface area contributed by atoms with Crippen molar-refractivity contribution in [2.45, 2.75) is 6.42 Å². The number of halogens is 1. The highest BCUT2D eigenvalue weighted by atomic mass is 35.5. The number of methoxy groups -OCH3 is 1. The van der Waals surface area contributed by atoms with Gasteiger partial charge in [0.2, 0.25) is 0 Å². The summed E-state index contributed by atoms with van der Waals surface area (Å²) >= 11 is 6.01. The van der Waals surface area contributed by atoms with Crippen LogP contribution in [0.2, 0.25) is 5.15 Å². The first-order valence-electron chi connectivity index (χ1n) is 6.14. The first-order chi connectivity index (χ1) is 9.70. The van der Waals surface area contributed by atoms with E-state index in [1.165, 1.54) is 6.33 Å². The van der Waals surface area contributed by atoms with E-state index in [0.29, 0.717) is 17.3 Å².